The second-order valence-corrected chi connectivity index (χ2v) is 13.8. The van der Waals surface area contributed by atoms with Gasteiger partial charge in [-0.05, 0) is 89.6 Å². The van der Waals surface area contributed by atoms with Gasteiger partial charge in [0.1, 0.15) is 35.1 Å². The van der Waals surface area contributed by atoms with Gasteiger partial charge in [-0.1, -0.05) is 56.3 Å². The van der Waals surface area contributed by atoms with E-state index in [1.807, 2.05) is 44.2 Å². The highest BCUT2D eigenvalue weighted by molar-refractivity contribution is 5.94. The van der Waals surface area contributed by atoms with Gasteiger partial charge in [0.2, 0.25) is 11.8 Å². The molecule has 0 aliphatic carbocycles. The highest BCUT2D eigenvalue weighted by Gasteiger charge is 2.38. The fourth-order valence-corrected chi connectivity index (χ4v) is 4.79. The standard InChI is InChI=1S/C36H51N3O7/c1-11-19-39(32(42)27(20-23(2)3)38-34(44)46-36(8,9)10)30(26-17-18-29(40)24(4)21-26)31(41)37-28(33(43)45-35(5,6)7)22-25-15-13-12-14-16-25/h11-18,21,23,27-28,30,40H,1,19-20,22H2,2-10H3,(H,37,41)(H,38,44). The van der Waals surface area contributed by atoms with E-state index in [4.69, 9.17) is 9.47 Å². The summed E-state index contributed by atoms with van der Waals surface area (Å²) in [6.07, 6.45) is 1.14. The Morgan fingerprint density at radius 2 is 1.52 bits per heavy atom. The number of nitrogens with zero attached hydrogens (tertiary/aromatic N) is 1. The first-order chi connectivity index (χ1) is 21.3. The molecule has 0 aromatic heterocycles. The molecule has 0 bridgehead atoms. The van der Waals surface area contributed by atoms with Crippen LogP contribution in [0.2, 0.25) is 0 Å². The summed E-state index contributed by atoms with van der Waals surface area (Å²) in [5.41, 5.74) is 0.0730. The third-order valence-electron chi connectivity index (χ3n) is 6.69. The minimum atomic E-state index is -1.26. The Hall–Kier alpha value is -4.34. The molecule has 10 nitrogen and oxygen atoms in total. The van der Waals surface area contributed by atoms with E-state index in [0.717, 1.165) is 5.56 Å². The van der Waals surface area contributed by atoms with Crippen molar-refractivity contribution in [2.45, 2.75) is 104 Å². The number of phenolic OH excluding ortho intramolecular Hbond substituents is 1. The predicted octanol–water partition coefficient (Wildman–Crippen LogP) is 5.76. The smallest absolute Gasteiger partial charge is 0.408 e. The molecular formula is C36H51N3O7. The number of aryl methyl sites for hydroxylation is 1. The maximum atomic E-state index is 14.4. The molecule has 2 aromatic rings. The van der Waals surface area contributed by atoms with Crippen LogP contribution in [-0.4, -0.2) is 63.7 Å². The molecule has 0 saturated carbocycles. The van der Waals surface area contributed by atoms with Crippen molar-refractivity contribution in [3.8, 4) is 5.75 Å². The zero-order valence-corrected chi connectivity index (χ0v) is 28.7. The van der Waals surface area contributed by atoms with Crippen molar-refractivity contribution in [2.24, 2.45) is 5.92 Å². The van der Waals surface area contributed by atoms with E-state index in [1.54, 1.807) is 60.6 Å². The SMILES string of the molecule is C=CCN(C(=O)C(CC(C)C)NC(=O)OC(C)(C)C)C(C(=O)NC(Cc1ccccc1)C(=O)OC(C)(C)C)c1ccc(O)c(C)c1. The molecule has 0 radical (unpaired) electrons. The van der Waals surface area contributed by atoms with Crippen LogP contribution in [0.25, 0.3) is 0 Å². The summed E-state index contributed by atoms with van der Waals surface area (Å²) in [6, 6.07) is 10.4. The van der Waals surface area contributed by atoms with E-state index in [-0.39, 0.29) is 31.1 Å². The van der Waals surface area contributed by atoms with Crippen molar-refractivity contribution in [3.63, 3.8) is 0 Å². The van der Waals surface area contributed by atoms with E-state index in [9.17, 15) is 24.3 Å². The number of nitrogens with one attached hydrogen (secondary N) is 2. The van der Waals surface area contributed by atoms with Crippen molar-refractivity contribution in [2.75, 3.05) is 6.54 Å². The molecule has 0 saturated heterocycles. The van der Waals surface area contributed by atoms with Crippen molar-refractivity contribution in [1.82, 2.24) is 15.5 Å². The number of carbonyl (C=O) groups is 4. The Bertz CT molecular complexity index is 1360. The fraction of sp³-hybridized carbons (Fsp3) is 0.500. The molecule has 46 heavy (non-hydrogen) atoms. The van der Waals surface area contributed by atoms with Crippen LogP contribution in [-0.2, 0) is 30.3 Å². The van der Waals surface area contributed by atoms with Gasteiger partial charge in [-0.2, -0.15) is 0 Å². The molecule has 2 rings (SSSR count). The number of hydrogen-bond donors (Lipinski definition) is 3. The van der Waals surface area contributed by atoms with Gasteiger partial charge in [-0.15, -0.1) is 6.58 Å². The topological polar surface area (TPSA) is 134 Å². The molecule has 0 aliphatic heterocycles. The molecule has 252 valence electrons. The molecule has 0 fully saturated rings. The van der Waals surface area contributed by atoms with Gasteiger partial charge >= 0.3 is 12.1 Å². The number of benzene rings is 2. The van der Waals surface area contributed by atoms with E-state index < -0.39 is 53.2 Å². The van der Waals surface area contributed by atoms with Crippen LogP contribution < -0.4 is 10.6 Å². The molecule has 0 heterocycles. The van der Waals surface area contributed by atoms with Crippen LogP contribution in [0, 0.1) is 12.8 Å². The average molecular weight is 638 g/mol. The summed E-state index contributed by atoms with van der Waals surface area (Å²) in [7, 11) is 0. The van der Waals surface area contributed by atoms with Gasteiger partial charge in [0.15, 0.2) is 0 Å². The van der Waals surface area contributed by atoms with Crippen molar-refractivity contribution in [1.29, 1.82) is 0 Å². The number of phenols is 1. The summed E-state index contributed by atoms with van der Waals surface area (Å²) in [5.74, 6) is -1.80. The van der Waals surface area contributed by atoms with Crippen molar-refractivity contribution < 1.29 is 33.8 Å². The van der Waals surface area contributed by atoms with Gasteiger partial charge in [0, 0.05) is 13.0 Å². The fourth-order valence-electron chi connectivity index (χ4n) is 4.79. The molecule has 3 amide bonds. The number of amides is 3. The Morgan fingerprint density at radius 1 is 0.913 bits per heavy atom. The molecule has 0 aliphatic rings. The number of ether oxygens (including phenoxy) is 2. The number of aromatic hydroxyl groups is 1. The zero-order valence-electron chi connectivity index (χ0n) is 28.7. The first-order valence-corrected chi connectivity index (χ1v) is 15.6. The zero-order chi connectivity index (χ0) is 34.8. The first kappa shape index (κ1) is 37.8. The van der Waals surface area contributed by atoms with Crippen LogP contribution in [0.1, 0.15) is 84.5 Å². The lowest BCUT2D eigenvalue weighted by atomic mass is 9.97. The van der Waals surface area contributed by atoms with Crippen LogP contribution >= 0.6 is 0 Å². The summed E-state index contributed by atoms with van der Waals surface area (Å²) in [6.45, 7) is 19.7. The van der Waals surface area contributed by atoms with Crippen molar-refractivity contribution in [3.05, 3.63) is 77.9 Å². The number of carbonyl (C=O) groups excluding carboxylic acids is 4. The lowest BCUT2D eigenvalue weighted by Gasteiger charge is -2.35. The molecule has 0 spiro atoms. The average Bonchev–Trinajstić information content (AvgIpc) is 2.92. The molecule has 3 atom stereocenters. The largest absolute Gasteiger partial charge is 0.508 e. The Labute approximate surface area is 273 Å². The van der Waals surface area contributed by atoms with Gasteiger partial charge in [0.05, 0.1) is 0 Å². The molecule has 10 heteroatoms. The minimum Gasteiger partial charge on any atom is -0.508 e. The van der Waals surface area contributed by atoms with E-state index in [1.165, 1.54) is 17.0 Å². The second-order valence-electron chi connectivity index (χ2n) is 13.8. The first-order valence-electron chi connectivity index (χ1n) is 15.6. The number of rotatable bonds is 13. The minimum absolute atomic E-state index is 0.0000763. The van der Waals surface area contributed by atoms with E-state index in [0.29, 0.717) is 11.1 Å². The lowest BCUT2D eigenvalue weighted by molar-refractivity contribution is -0.159. The van der Waals surface area contributed by atoms with Crippen LogP contribution in [0.4, 0.5) is 4.79 Å². The summed E-state index contributed by atoms with van der Waals surface area (Å²) in [5, 5.41) is 15.8. The lowest BCUT2D eigenvalue weighted by Crippen LogP contribution is -2.55. The number of alkyl carbamates (subject to hydrolysis) is 1. The maximum Gasteiger partial charge on any atom is 0.408 e. The van der Waals surface area contributed by atoms with Gasteiger partial charge in [-0.25, -0.2) is 9.59 Å². The summed E-state index contributed by atoms with van der Waals surface area (Å²) < 4.78 is 11.1. The van der Waals surface area contributed by atoms with E-state index in [2.05, 4.69) is 17.2 Å². The quantitative estimate of drug-likeness (QED) is 0.188. The van der Waals surface area contributed by atoms with Crippen LogP contribution in [0.3, 0.4) is 0 Å². The third kappa shape index (κ3) is 12.2. The second kappa shape index (κ2) is 16.3. The Kier molecular flexibility index (Phi) is 13.4. The number of hydrogen-bond acceptors (Lipinski definition) is 7. The normalized spacial score (nSPS) is 13.6. The summed E-state index contributed by atoms with van der Waals surface area (Å²) >= 11 is 0. The van der Waals surface area contributed by atoms with Crippen molar-refractivity contribution >= 4 is 23.9 Å². The van der Waals surface area contributed by atoms with Crippen LogP contribution in [0.5, 0.6) is 5.75 Å². The van der Waals surface area contributed by atoms with Crippen LogP contribution in [0.15, 0.2) is 61.2 Å². The molecular weight excluding hydrogens is 586 g/mol. The Balaban J connectivity index is 2.62. The van der Waals surface area contributed by atoms with Gasteiger partial charge in [-0.3, -0.25) is 9.59 Å². The third-order valence-corrected chi connectivity index (χ3v) is 6.69. The summed E-state index contributed by atoms with van der Waals surface area (Å²) in [4.78, 5) is 56.2. The highest BCUT2D eigenvalue weighted by atomic mass is 16.6. The maximum absolute atomic E-state index is 14.4. The molecule has 2 aromatic carbocycles. The number of esters is 1. The Morgan fingerprint density at radius 3 is 2.04 bits per heavy atom. The monoisotopic (exact) mass is 637 g/mol. The molecule has 3 unspecified atom stereocenters. The van der Waals surface area contributed by atoms with Gasteiger partial charge in [0.25, 0.3) is 0 Å². The predicted molar refractivity (Wildman–Crippen MR) is 178 cm³/mol. The highest BCUT2D eigenvalue weighted by Crippen LogP contribution is 2.28. The van der Waals surface area contributed by atoms with Gasteiger partial charge < -0.3 is 30.1 Å². The molecule has 3 N–H and O–H groups in total. The van der Waals surface area contributed by atoms with E-state index >= 15 is 0 Å².